The summed E-state index contributed by atoms with van der Waals surface area (Å²) in [4.78, 5) is 24.0. The Kier molecular flexibility index (Phi) is 5.94. The summed E-state index contributed by atoms with van der Waals surface area (Å²) in [6, 6.07) is 10.8. The zero-order chi connectivity index (χ0) is 20.3. The molecule has 3 aromatic rings. The molecule has 0 saturated heterocycles. The zero-order valence-corrected chi connectivity index (χ0v) is 16.8. The van der Waals surface area contributed by atoms with Gasteiger partial charge in [-0.3, -0.25) is 9.59 Å². The number of carbonyl (C=O) groups is 2. The topological polar surface area (TPSA) is 75.0 Å². The van der Waals surface area contributed by atoms with Crippen molar-refractivity contribution in [3.8, 4) is 22.8 Å². The van der Waals surface area contributed by atoms with Gasteiger partial charge in [0.05, 0.1) is 31.1 Å². The van der Waals surface area contributed by atoms with E-state index >= 15 is 0 Å². The van der Waals surface area contributed by atoms with E-state index in [0.717, 1.165) is 15.8 Å². The molecule has 0 radical (unpaired) electrons. The molecule has 3 rings (SSSR count). The second kappa shape index (κ2) is 8.39. The highest BCUT2D eigenvalue weighted by Crippen LogP contribution is 2.44. The number of methoxy groups -OCH3 is 2. The first-order valence-corrected chi connectivity index (χ1v) is 9.72. The van der Waals surface area contributed by atoms with Crippen LogP contribution in [0.3, 0.4) is 0 Å². The largest absolute Gasteiger partial charge is 0.497 e. The Morgan fingerprint density at radius 1 is 1.11 bits per heavy atom. The lowest BCUT2D eigenvalue weighted by Gasteiger charge is -2.10. The number of esters is 2. The normalized spacial score (nSPS) is 10.7. The first-order valence-electron chi connectivity index (χ1n) is 8.50. The van der Waals surface area contributed by atoms with E-state index in [9.17, 15) is 9.59 Å². The van der Waals surface area contributed by atoms with E-state index in [1.54, 1.807) is 25.3 Å². The van der Waals surface area contributed by atoms with Gasteiger partial charge in [0, 0.05) is 18.4 Å². The number of benzene rings is 2. The van der Waals surface area contributed by atoms with Crippen molar-refractivity contribution in [1.29, 1.82) is 0 Å². The van der Waals surface area contributed by atoms with Crippen LogP contribution in [0.2, 0.25) is 0 Å². The Morgan fingerprint density at radius 3 is 2.54 bits per heavy atom. The third kappa shape index (κ3) is 3.99. The summed E-state index contributed by atoms with van der Waals surface area (Å²) in [5, 5.41) is 0.883. The van der Waals surface area contributed by atoms with Crippen LogP contribution in [0, 0.1) is 0 Å². The van der Waals surface area contributed by atoms with Crippen LogP contribution in [0.5, 0.6) is 11.5 Å². The first-order chi connectivity index (χ1) is 13.5. The summed E-state index contributed by atoms with van der Waals surface area (Å²) in [5.41, 5.74) is 2.15. The molecule has 6 nitrogen and oxygen atoms in total. The number of carbonyl (C=O) groups excluding carboxylic acids is 2. The summed E-state index contributed by atoms with van der Waals surface area (Å²) < 4.78 is 21.4. The number of rotatable bonds is 6. The minimum Gasteiger partial charge on any atom is -0.497 e. The van der Waals surface area contributed by atoms with Crippen molar-refractivity contribution in [3.05, 3.63) is 42.0 Å². The molecule has 1 heterocycles. The number of hydrogen-bond donors (Lipinski definition) is 0. The Balaban J connectivity index is 2.15. The molecule has 0 fully saturated rings. The molecule has 1 aromatic heterocycles. The van der Waals surface area contributed by atoms with E-state index in [2.05, 4.69) is 0 Å². The molecule has 28 heavy (non-hydrogen) atoms. The lowest BCUT2D eigenvalue weighted by molar-refractivity contribution is -0.139. The molecule has 0 aliphatic carbocycles. The van der Waals surface area contributed by atoms with E-state index in [4.69, 9.17) is 18.6 Å². The molecule has 0 saturated carbocycles. The first kappa shape index (κ1) is 19.8. The third-order valence-electron chi connectivity index (χ3n) is 4.17. The molecule has 0 aliphatic heterocycles. The van der Waals surface area contributed by atoms with Gasteiger partial charge < -0.3 is 18.6 Å². The summed E-state index contributed by atoms with van der Waals surface area (Å²) in [6.07, 6.45) is 2.12. The molecule has 7 heteroatoms. The lowest BCUT2D eigenvalue weighted by atomic mass is 10.1. The van der Waals surface area contributed by atoms with Crippen molar-refractivity contribution >= 4 is 34.7 Å². The highest BCUT2D eigenvalue weighted by Gasteiger charge is 2.21. The number of ether oxygens (including phenoxy) is 3. The van der Waals surface area contributed by atoms with Crippen molar-refractivity contribution in [2.24, 2.45) is 0 Å². The van der Waals surface area contributed by atoms with Gasteiger partial charge in [-0.2, -0.15) is 0 Å². The molecule has 2 aromatic carbocycles. The molecule has 0 unspecified atom stereocenters. The minimum atomic E-state index is -0.434. The molecule has 0 atom stereocenters. The van der Waals surface area contributed by atoms with E-state index < -0.39 is 5.97 Å². The van der Waals surface area contributed by atoms with Crippen LogP contribution >= 0.6 is 11.8 Å². The quantitative estimate of drug-likeness (QED) is 0.343. The second-order valence-corrected chi connectivity index (χ2v) is 6.82. The summed E-state index contributed by atoms with van der Waals surface area (Å²) in [7, 11) is 2.91. The number of fused-ring (bicyclic) bond motifs is 1. The maximum absolute atomic E-state index is 11.6. The summed E-state index contributed by atoms with van der Waals surface area (Å²) >= 11 is 1.52. The maximum Gasteiger partial charge on any atom is 0.309 e. The van der Waals surface area contributed by atoms with Gasteiger partial charge in [-0.15, -0.1) is 11.8 Å². The van der Waals surface area contributed by atoms with Gasteiger partial charge in [-0.25, -0.2) is 0 Å². The average Bonchev–Trinajstić information content (AvgIpc) is 3.04. The standard InChI is InChI=1S/C21H20O6S/c1-12(22)26-18-11-14(24-2)6-7-15(18)20-21(28-4)16-9-13(10-19(23)25-3)5-8-17(16)27-20/h5-9,11H,10H2,1-4H3. The second-order valence-electron chi connectivity index (χ2n) is 6.00. The van der Waals surface area contributed by atoms with Crippen LogP contribution in [0.4, 0.5) is 0 Å². The fraction of sp³-hybridized carbons (Fsp3) is 0.238. The van der Waals surface area contributed by atoms with Crippen LogP contribution in [-0.2, 0) is 20.7 Å². The van der Waals surface area contributed by atoms with Gasteiger partial charge in [-0.1, -0.05) is 6.07 Å². The predicted molar refractivity (Wildman–Crippen MR) is 107 cm³/mol. The van der Waals surface area contributed by atoms with Gasteiger partial charge >= 0.3 is 11.9 Å². The van der Waals surface area contributed by atoms with Crippen molar-refractivity contribution in [3.63, 3.8) is 0 Å². The number of thioether (sulfide) groups is 1. The van der Waals surface area contributed by atoms with Crippen molar-refractivity contribution in [2.75, 3.05) is 20.5 Å². The summed E-state index contributed by atoms with van der Waals surface area (Å²) in [5.74, 6) is 0.785. The van der Waals surface area contributed by atoms with Crippen LogP contribution in [0.25, 0.3) is 22.3 Å². The van der Waals surface area contributed by atoms with Gasteiger partial charge in [0.15, 0.2) is 5.76 Å². The SMILES string of the molecule is COC(=O)Cc1ccc2oc(-c3ccc(OC)cc3OC(C)=O)c(SC)c2c1. The minimum absolute atomic E-state index is 0.183. The molecule has 0 aliphatic rings. The molecular formula is C21H20O6S. The molecule has 0 bridgehead atoms. The van der Waals surface area contributed by atoms with Crippen LogP contribution in [0.15, 0.2) is 45.7 Å². The fourth-order valence-corrected chi connectivity index (χ4v) is 3.62. The third-order valence-corrected chi connectivity index (χ3v) is 4.99. The fourth-order valence-electron chi connectivity index (χ4n) is 2.91. The Hall–Kier alpha value is -2.93. The van der Waals surface area contributed by atoms with E-state index in [0.29, 0.717) is 28.4 Å². The number of hydrogen-bond acceptors (Lipinski definition) is 7. The molecule has 0 amide bonds. The van der Waals surface area contributed by atoms with Crippen molar-refractivity contribution in [2.45, 2.75) is 18.2 Å². The van der Waals surface area contributed by atoms with Crippen molar-refractivity contribution in [1.82, 2.24) is 0 Å². The molecule has 146 valence electrons. The number of furan rings is 1. The monoisotopic (exact) mass is 400 g/mol. The van der Waals surface area contributed by atoms with E-state index in [-0.39, 0.29) is 12.4 Å². The zero-order valence-electron chi connectivity index (χ0n) is 16.0. The predicted octanol–water partition coefficient (Wildman–Crippen LogP) is 4.47. The molecule has 0 N–H and O–H groups in total. The average molecular weight is 400 g/mol. The van der Waals surface area contributed by atoms with Crippen LogP contribution in [0.1, 0.15) is 12.5 Å². The highest BCUT2D eigenvalue weighted by molar-refractivity contribution is 7.99. The Morgan fingerprint density at radius 2 is 1.89 bits per heavy atom. The Bertz CT molecular complexity index is 1040. The molecular weight excluding hydrogens is 380 g/mol. The summed E-state index contributed by atoms with van der Waals surface area (Å²) in [6.45, 7) is 1.34. The highest BCUT2D eigenvalue weighted by atomic mass is 32.2. The van der Waals surface area contributed by atoms with Crippen molar-refractivity contribution < 1.29 is 28.2 Å². The van der Waals surface area contributed by atoms with Crippen LogP contribution in [-0.4, -0.2) is 32.4 Å². The smallest absolute Gasteiger partial charge is 0.309 e. The van der Waals surface area contributed by atoms with Gasteiger partial charge in [0.1, 0.15) is 17.1 Å². The van der Waals surface area contributed by atoms with E-state index in [1.807, 2.05) is 24.5 Å². The molecule has 0 spiro atoms. The maximum atomic E-state index is 11.6. The van der Waals surface area contributed by atoms with Gasteiger partial charge in [-0.05, 0) is 36.1 Å². The van der Waals surface area contributed by atoms with E-state index in [1.165, 1.54) is 25.8 Å². The van der Waals surface area contributed by atoms with Gasteiger partial charge in [0.2, 0.25) is 0 Å². The lowest BCUT2D eigenvalue weighted by Crippen LogP contribution is -2.04. The Labute approximate surface area is 166 Å². The van der Waals surface area contributed by atoms with Gasteiger partial charge in [0.25, 0.3) is 0 Å². The van der Waals surface area contributed by atoms with Crippen LogP contribution < -0.4 is 9.47 Å².